The number of nitriles is 1. The van der Waals surface area contributed by atoms with Crippen LogP contribution in [0, 0.1) is 27.6 Å². The van der Waals surface area contributed by atoms with Gasteiger partial charge in [-0.1, -0.05) is 65.1 Å². The normalized spacial score (nSPS) is 16.2. The van der Waals surface area contributed by atoms with E-state index in [-0.39, 0.29) is 34.3 Å². The van der Waals surface area contributed by atoms with Crippen LogP contribution in [0.1, 0.15) is 89.0 Å². The number of nitrogens with one attached hydrogen (secondary N) is 1. The van der Waals surface area contributed by atoms with Crippen LogP contribution >= 0.6 is 23.5 Å². The Balaban J connectivity index is 5.10. The van der Waals surface area contributed by atoms with Crippen molar-refractivity contribution in [2.45, 2.75) is 119 Å². The fourth-order valence-electron chi connectivity index (χ4n) is 5.56. The van der Waals surface area contributed by atoms with Gasteiger partial charge in [-0.05, 0) is 52.9 Å². The first-order valence-electron chi connectivity index (χ1n) is 15.1. The summed E-state index contributed by atoms with van der Waals surface area (Å²) < 4.78 is 0. The third-order valence-electron chi connectivity index (χ3n) is 7.02. The highest BCUT2D eigenvalue weighted by Crippen LogP contribution is 2.42. The Morgan fingerprint density at radius 2 is 1.23 bits per heavy atom. The van der Waals surface area contributed by atoms with Crippen LogP contribution in [0.15, 0.2) is 0 Å². The van der Waals surface area contributed by atoms with Gasteiger partial charge in [-0.15, -0.1) is 0 Å². The number of aliphatic hydroxyl groups is 4. The van der Waals surface area contributed by atoms with Crippen LogP contribution < -0.4 is 5.43 Å². The molecule has 0 heterocycles. The lowest BCUT2D eigenvalue weighted by atomic mass is 9.76. The fourth-order valence-corrected chi connectivity index (χ4v) is 7.49. The lowest BCUT2D eigenvalue weighted by molar-refractivity contribution is -0.123. The summed E-state index contributed by atoms with van der Waals surface area (Å²) in [5.41, 5.74) is 1.10. The molecule has 43 heavy (non-hydrogen) atoms. The van der Waals surface area contributed by atoms with E-state index in [1.807, 2.05) is 27.7 Å². The largest absolute Gasteiger partial charge is 0.392 e. The van der Waals surface area contributed by atoms with Gasteiger partial charge >= 0.3 is 0 Å². The Labute approximate surface area is 269 Å². The van der Waals surface area contributed by atoms with Crippen LogP contribution in [0.4, 0.5) is 0 Å². The maximum absolute atomic E-state index is 13.4. The molecule has 0 fully saturated rings. The third-order valence-corrected chi connectivity index (χ3v) is 9.98. The van der Waals surface area contributed by atoms with Crippen molar-refractivity contribution < 1.29 is 30.0 Å². The molecule has 0 aromatic rings. The van der Waals surface area contributed by atoms with Crippen LogP contribution in [0.25, 0.3) is 0 Å². The van der Waals surface area contributed by atoms with Crippen molar-refractivity contribution in [2.24, 2.45) is 16.2 Å². The van der Waals surface area contributed by atoms with Crippen molar-refractivity contribution in [3.05, 3.63) is 0 Å². The molecule has 0 aliphatic heterocycles. The summed E-state index contributed by atoms with van der Waals surface area (Å²) >= 11 is 2.48. The molecule has 12 heteroatoms. The number of hydrogen-bond acceptors (Lipinski definition) is 12. The molecular formula is C31H60N4O6S2. The van der Waals surface area contributed by atoms with Gasteiger partial charge in [0.2, 0.25) is 0 Å². The summed E-state index contributed by atoms with van der Waals surface area (Å²) in [5.74, 6) is 1.06. The smallest absolute Gasteiger partial charge is 0.194 e. The number of carbonyl (C=O) groups is 2. The molecule has 0 amide bonds. The second kappa shape index (κ2) is 18.4. The zero-order chi connectivity index (χ0) is 33.8. The summed E-state index contributed by atoms with van der Waals surface area (Å²) in [6, 6.07) is 1.76. The minimum absolute atomic E-state index is 0.0160. The first kappa shape index (κ1) is 42.2. The SMILES string of the molecule is CC(O)CN(CC(O)C#N)NCCSC(=O)C(C)(C)CC(C)(C)C(=O)SCC(C)(C)CC(C)(C)N(CC(C)O)CC(C)O. The molecule has 0 saturated heterocycles. The Morgan fingerprint density at radius 1 is 0.767 bits per heavy atom. The van der Waals surface area contributed by atoms with Crippen LogP contribution in [-0.2, 0) is 9.59 Å². The summed E-state index contributed by atoms with van der Waals surface area (Å²) in [6.07, 6.45) is -1.72. The van der Waals surface area contributed by atoms with E-state index in [4.69, 9.17) is 5.26 Å². The number of hydrazine groups is 1. The topological polar surface area (TPSA) is 157 Å². The Bertz CT molecular complexity index is 893. The van der Waals surface area contributed by atoms with Gasteiger partial charge in [0, 0.05) is 54.1 Å². The summed E-state index contributed by atoms with van der Waals surface area (Å²) in [4.78, 5) is 28.7. The number of nitrogens with zero attached hydrogens (tertiary/aromatic N) is 3. The average molecular weight is 649 g/mol. The molecule has 0 radical (unpaired) electrons. The second-order valence-electron chi connectivity index (χ2n) is 14.7. The molecule has 0 aromatic heterocycles. The van der Waals surface area contributed by atoms with Crippen LogP contribution in [0.2, 0.25) is 0 Å². The minimum Gasteiger partial charge on any atom is -0.392 e. The number of hydrogen-bond donors (Lipinski definition) is 5. The predicted molar refractivity (Wildman–Crippen MR) is 177 cm³/mol. The molecule has 10 nitrogen and oxygen atoms in total. The third kappa shape index (κ3) is 17.5. The quantitative estimate of drug-likeness (QED) is 0.0704. The summed E-state index contributed by atoms with van der Waals surface area (Å²) in [6.45, 7) is 22.7. The first-order chi connectivity index (χ1) is 19.4. The van der Waals surface area contributed by atoms with E-state index in [1.54, 1.807) is 31.8 Å². The fraction of sp³-hybridized carbons (Fsp3) is 0.903. The van der Waals surface area contributed by atoms with Crippen molar-refractivity contribution >= 4 is 33.8 Å². The van der Waals surface area contributed by atoms with Crippen molar-refractivity contribution in [1.29, 1.82) is 5.26 Å². The predicted octanol–water partition coefficient (Wildman–Crippen LogP) is 3.28. The van der Waals surface area contributed by atoms with Gasteiger partial charge < -0.3 is 20.4 Å². The summed E-state index contributed by atoms with van der Waals surface area (Å²) in [5, 5.41) is 49.8. The number of rotatable bonds is 21. The van der Waals surface area contributed by atoms with E-state index in [1.165, 1.54) is 23.5 Å². The van der Waals surface area contributed by atoms with E-state index < -0.39 is 35.2 Å². The van der Waals surface area contributed by atoms with Crippen LogP contribution in [0.3, 0.4) is 0 Å². The zero-order valence-corrected chi connectivity index (χ0v) is 30.1. The molecule has 0 spiro atoms. The van der Waals surface area contributed by atoms with Crippen molar-refractivity contribution in [1.82, 2.24) is 15.3 Å². The molecule has 0 aliphatic rings. The molecule has 5 N–H and O–H groups in total. The Morgan fingerprint density at radius 3 is 1.67 bits per heavy atom. The van der Waals surface area contributed by atoms with Gasteiger partial charge in [-0.25, -0.2) is 5.01 Å². The molecule has 0 aromatic carbocycles. The van der Waals surface area contributed by atoms with Gasteiger partial charge in [0.25, 0.3) is 0 Å². The number of aliphatic hydroxyl groups excluding tert-OH is 4. The minimum atomic E-state index is -1.19. The number of β-amino-alcohol motifs (C(OH)–C–C–N with tert-alkyl or cyclic N) is 2. The van der Waals surface area contributed by atoms with Gasteiger partial charge in [-0.3, -0.25) is 19.9 Å². The van der Waals surface area contributed by atoms with E-state index in [0.717, 1.165) is 6.42 Å². The molecule has 4 unspecified atom stereocenters. The standard InChI is InChI=1S/C31H60N4O6S2/c1-22(36)15-34(16-23(2)37)31(10,11)19-28(4,5)21-43-27(41)30(8,9)20-29(6,7)26(40)42-13-12-33-35(17-24(3)38)18-25(39)14-32/h22-25,33,36-39H,12-13,15-21H2,1-11H3. The van der Waals surface area contributed by atoms with Crippen molar-refractivity contribution in [3.8, 4) is 6.07 Å². The average Bonchev–Trinajstić information content (AvgIpc) is 2.82. The van der Waals surface area contributed by atoms with E-state index >= 15 is 0 Å². The van der Waals surface area contributed by atoms with Crippen LogP contribution in [0.5, 0.6) is 0 Å². The van der Waals surface area contributed by atoms with Gasteiger partial charge in [-0.2, -0.15) is 5.26 Å². The lowest BCUT2D eigenvalue weighted by Crippen LogP contribution is -2.52. The van der Waals surface area contributed by atoms with Crippen LogP contribution in [-0.4, -0.2) is 115 Å². The lowest BCUT2D eigenvalue weighted by Gasteiger charge is -2.44. The molecular weight excluding hydrogens is 588 g/mol. The molecule has 252 valence electrons. The van der Waals surface area contributed by atoms with E-state index in [0.29, 0.717) is 37.6 Å². The maximum Gasteiger partial charge on any atom is 0.194 e. The molecule has 0 rings (SSSR count). The first-order valence-corrected chi connectivity index (χ1v) is 17.1. The van der Waals surface area contributed by atoms with E-state index in [9.17, 15) is 30.0 Å². The zero-order valence-electron chi connectivity index (χ0n) is 28.4. The summed E-state index contributed by atoms with van der Waals surface area (Å²) in [7, 11) is 0. The monoisotopic (exact) mass is 648 g/mol. The molecule has 4 atom stereocenters. The molecule has 0 saturated carbocycles. The maximum atomic E-state index is 13.4. The van der Waals surface area contributed by atoms with Gasteiger partial charge in [0.15, 0.2) is 16.3 Å². The van der Waals surface area contributed by atoms with E-state index in [2.05, 4.69) is 38.0 Å². The highest BCUT2D eigenvalue weighted by molar-refractivity contribution is 8.14. The van der Waals surface area contributed by atoms with Gasteiger partial charge in [0.1, 0.15) is 0 Å². The Hall–Kier alpha value is -0.750. The van der Waals surface area contributed by atoms with Gasteiger partial charge in [0.05, 0.1) is 30.9 Å². The highest BCUT2D eigenvalue weighted by atomic mass is 32.2. The number of carbonyl (C=O) groups excluding carboxylic acids is 2. The molecule has 0 bridgehead atoms. The van der Waals surface area contributed by atoms with Crippen molar-refractivity contribution in [2.75, 3.05) is 44.2 Å². The highest BCUT2D eigenvalue weighted by Gasteiger charge is 2.40. The van der Waals surface area contributed by atoms with Crippen molar-refractivity contribution in [3.63, 3.8) is 0 Å². The molecule has 0 aliphatic carbocycles. The Kier molecular flexibility index (Phi) is 18.1. The second-order valence-corrected chi connectivity index (χ2v) is 16.7. The number of thioether (sulfide) groups is 2.